The van der Waals surface area contributed by atoms with Crippen LogP contribution in [-0.4, -0.2) is 34.8 Å². The zero-order chi connectivity index (χ0) is 24.1. The molecule has 0 radical (unpaired) electrons. The largest absolute Gasteiger partial charge is 0.507 e. The van der Waals surface area contributed by atoms with Crippen LogP contribution in [-0.2, 0) is 16.0 Å². The Morgan fingerprint density at radius 3 is 2.47 bits per heavy atom. The van der Waals surface area contributed by atoms with E-state index in [1.165, 1.54) is 4.90 Å². The average Bonchev–Trinajstić information content (AvgIpc) is 3.12. The normalized spacial score (nSPS) is 17.1. The second kappa shape index (κ2) is 10.4. The number of hydrogen-bond donors (Lipinski definition) is 1. The molecule has 1 unspecified atom stereocenters. The van der Waals surface area contributed by atoms with Crippen LogP contribution >= 0.6 is 11.6 Å². The van der Waals surface area contributed by atoms with Crippen molar-refractivity contribution < 1.29 is 19.4 Å². The number of hydrogen-bond acceptors (Lipinski definition) is 4. The number of carbonyl (C=O) groups excluding carboxylic acids is 2. The second-order valence-corrected chi connectivity index (χ2v) is 8.34. The molecule has 1 atom stereocenters. The third kappa shape index (κ3) is 4.90. The number of ether oxygens (including phenoxy) is 1. The van der Waals surface area contributed by atoms with Crippen molar-refractivity contribution in [1.82, 2.24) is 4.90 Å². The fraction of sp³-hybridized carbons (Fsp3) is 0.143. The Hall–Kier alpha value is -3.83. The molecule has 0 spiro atoms. The monoisotopic (exact) mass is 473 g/mol. The third-order valence-electron chi connectivity index (χ3n) is 5.68. The molecule has 1 heterocycles. The highest BCUT2D eigenvalue weighted by Crippen LogP contribution is 2.40. The van der Waals surface area contributed by atoms with E-state index in [2.05, 4.69) is 6.58 Å². The molecule has 0 aliphatic carbocycles. The van der Waals surface area contributed by atoms with E-state index in [9.17, 15) is 14.7 Å². The van der Waals surface area contributed by atoms with Crippen LogP contribution in [0.3, 0.4) is 0 Å². The van der Waals surface area contributed by atoms with Crippen LogP contribution in [0.2, 0.25) is 5.02 Å². The molecule has 0 aromatic heterocycles. The van der Waals surface area contributed by atoms with Gasteiger partial charge in [-0.05, 0) is 53.9 Å². The summed E-state index contributed by atoms with van der Waals surface area (Å²) < 4.78 is 5.67. The van der Waals surface area contributed by atoms with E-state index >= 15 is 0 Å². The van der Waals surface area contributed by atoms with Crippen molar-refractivity contribution in [3.8, 4) is 5.75 Å². The lowest BCUT2D eigenvalue weighted by molar-refractivity contribution is -0.139. The SMILES string of the molecule is C=CCOc1cccc(C2/C(=C(\O)c3ccc(Cl)cc3)C(=O)C(=O)N2CCc2ccccc2)c1. The van der Waals surface area contributed by atoms with Crippen molar-refractivity contribution in [3.63, 3.8) is 0 Å². The lowest BCUT2D eigenvalue weighted by atomic mass is 9.95. The summed E-state index contributed by atoms with van der Waals surface area (Å²) >= 11 is 5.99. The predicted molar refractivity (Wildman–Crippen MR) is 133 cm³/mol. The average molecular weight is 474 g/mol. The van der Waals surface area contributed by atoms with Gasteiger partial charge >= 0.3 is 0 Å². The lowest BCUT2D eigenvalue weighted by Crippen LogP contribution is -2.31. The molecule has 1 N–H and O–H groups in total. The minimum absolute atomic E-state index is 0.0428. The molecule has 0 bridgehead atoms. The summed E-state index contributed by atoms with van der Waals surface area (Å²) in [5, 5.41) is 11.6. The molecular weight excluding hydrogens is 450 g/mol. The maximum absolute atomic E-state index is 13.2. The van der Waals surface area contributed by atoms with Gasteiger partial charge in [0, 0.05) is 17.1 Å². The molecule has 0 saturated carbocycles. The van der Waals surface area contributed by atoms with Gasteiger partial charge in [-0.15, -0.1) is 0 Å². The predicted octanol–water partition coefficient (Wildman–Crippen LogP) is 5.57. The molecule has 34 heavy (non-hydrogen) atoms. The van der Waals surface area contributed by atoms with Crippen molar-refractivity contribution in [2.75, 3.05) is 13.2 Å². The third-order valence-corrected chi connectivity index (χ3v) is 5.94. The molecule has 1 amide bonds. The molecule has 5 nitrogen and oxygen atoms in total. The summed E-state index contributed by atoms with van der Waals surface area (Å²) in [4.78, 5) is 27.8. The highest BCUT2D eigenvalue weighted by atomic mass is 35.5. The van der Waals surface area contributed by atoms with Gasteiger partial charge in [0.05, 0.1) is 11.6 Å². The zero-order valence-electron chi connectivity index (χ0n) is 18.5. The van der Waals surface area contributed by atoms with Gasteiger partial charge in [-0.25, -0.2) is 0 Å². The number of carbonyl (C=O) groups is 2. The summed E-state index contributed by atoms with van der Waals surface area (Å²) in [6, 6.07) is 22.7. The van der Waals surface area contributed by atoms with E-state index in [4.69, 9.17) is 16.3 Å². The fourth-order valence-corrected chi connectivity index (χ4v) is 4.17. The van der Waals surface area contributed by atoms with Gasteiger partial charge in [0.25, 0.3) is 11.7 Å². The standard InChI is InChI=1S/C28H24ClNO4/c1-2-17-34-23-10-6-9-21(18-23)25-24(26(31)20-11-13-22(29)14-12-20)27(32)28(33)30(25)16-15-19-7-4-3-5-8-19/h2-14,18,25,31H,1,15-17H2/b26-24+. The Morgan fingerprint density at radius 2 is 1.76 bits per heavy atom. The maximum Gasteiger partial charge on any atom is 0.295 e. The Balaban J connectivity index is 1.78. The number of Topliss-reactive ketones (excluding diaryl/α,β-unsaturated/α-hetero) is 1. The first-order valence-electron chi connectivity index (χ1n) is 10.9. The molecule has 3 aromatic rings. The number of likely N-dealkylation sites (tertiary alicyclic amines) is 1. The minimum Gasteiger partial charge on any atom is -0.507 e. The molecular formula is C28H24ClNO4. The van der Waals surface area contributed by atoms with E-state index in [1.807, 2.05) is 36.4 Å². The smallest absolute Gasteiger partial charge is 0.295 e. The molecule has 4 rings (SSSR count). The van der Waals surface area contributed by atoms with Crippen LogP contribution in [0.25, 0.3) is 5.76 Å². The molecule has 3 aromatic carbocycles. The zero-order valence-corrected chi connectivity index (χ0v) is 19.2. The van der Waals surface area contributed by atoms with Crippen LogP contribution in [0, 0.1) is 0 Å². The number of halogens is 1. The fourth-order valence-electron chi connectivity index (χ4n) is 4.04. The highest BCUT2D eigenvalue weighted by molar-refractivity contribution is 6.46. The Morgan fingerprint density at radius 1 is 1.03 bits per heavy atom. The number of amides is 1. The van der Waals surface area contributed by atoms with E-state index in [-0.39, 0.29) is 11.3 Å². The first-order valence-corrected chi connectivity index (χ1v) is 11.3. The van der Waals surface area contributed by atoms with Gasteiger partial charge in [0.2, 0.25) is 0 Å². The highest BCUT2D eigenvalue weighted by Gasteiger charge is 2.45. The Kier molecular flexibility index (Phi) is 7.14. The quantitative estimate of drug-likeness (QED) is 0.201. The number of ketones is 1. The topological polar surface area (TPSA) is 66.8 Å². The summed E-state index contributed by atoms with van der Waals surface area (Å²) in [5.41, 5.74) is 2.17. The number of aliphatic hydroxyl groups excluding tert-OH is 1. The van der Waals surface area contributed by atoms with E-state index < -0.39 is 17.7 Å². The first kappa shape index (κ1) is 23.3. The van der Waals surface area contributed by atoms with Crippen molar-refractivity contribution in [2.45, 2.75) is 12.5 Å². The summed E-state index contributed by atoms with van der Waals surface area (Å²) in [5.74, 6) is -1.02. The number of rotatable bonds is 8. The van der Waals surface area contributed by atoms with E-state index in [1.54, 1.807) is 48.5 Å². The summed E-state index contributed by atoms with van der Waals surface area (Å²) in [6.45, 7) is 4.30. The number of benzene rings is 3. The molecule has 1 aliphatic rings. The maximum atomic E-state index is 13.2. The molecule has 172 valence electrons. The minimum atomic E-state index is -0.758. The van der Waals surface area contributed by atoms with E-state index in [0.29, 0.717) is 41.5 Å². The van der Waals surface area contributed by atoms with Crippen molar-refractivity contribution in [1.29, 1.82) is 0 Å². The van der Waals surface area contributed by atoms with Crippen LogP contribution < -0.4 is 4.74 Å². The van der Waals surface area contributed by atoms with Crippen LogP contribution in [0.15, 0.2) is 97.1 Å². The Labute approximate surface area is 203 Å². The molecule has 1 aliphatic heterocycles. The van der Waals surface area contributed by atoms with E-state index in [0.717, 1.165) is 5.56 Å². The van der Waals surface area contributed by atoms with Crippen molar-refractivity contribution in [3.05, 3.63) is 119 Å². The molecule has 1 saturated heterocycles. The van der Waals surface area contributed by atoms with Gasteiger partial charge in [0.1, 0.15) is 18.1 Å². The van der Waals surface area contributed by atoms with Gasteiger partial charge < -0.3 is 14.7 Å². The number of nitrogens with zero attached hydrogens (tertiary/aromatic N) is 1. The molecule has 6 heteroatoms. The number of aliphatic hydroxyl groups is 1. The first-order chi connectivity index (χ1) is 16.5. The van der Waals surface area contributed by atoms with Gasteiger partial charge in [-0.1, -0.05) is 66.7 Å². The Bertz CT molecular complexity index is 1230. The van der Waals surface area contributed by atoms with Gasteiger partial charge in [-0.2, -0.15) is 0 Å². The van der Waals surface area contributed by atoms with Gasteiger partial charge in [0.15, 0.2) is 0 Å². The summed E-state index contributed by atoms with van der Waals surface area (Å²) in [6.07, 6.45) is 2.21. The van der Waals surface area contributed by atoms with Crippen LogP contribution in [0.1, 0.15) is 22.7 Å². The van der Waals surface area contributed by atoms with Crippen molar-refractivity contribution >= 4 is 29.1 Å². The second-order valence-electron chi connectivity index (χ2n) is 7.91. The van der Waals surface area contributed by atoms with Crippen molar-refractivity contribution in [2.24, 2.45) is 0 Å². The lowest BCUT2D eigenvalue weighted by Gasteiger charge is -2.25. The van der Waals surface area contributed by atoms with Crippen LogP contribution in [0.4, 0.5) is 0 Å². The van der Waals surface area contributed by atoms with Crippen LogP contribution in [0.5, 0.6) is 5.75 Å². The summed E-state index contributed by atoms with van der Waals surface area (Å²) in [7, 11) is 0. The molecule has 1 fully saturated rings. The van der Waals surface area contributed by atoms with Gasteiger partial charge in [-0.3, -0.25) is 9.59 Å².